The zero-order valence-electron chi connectivity index (χ0n) is 13.0. The zero-order valence-corrected chi connectivity index (χ0v) is 13.0. The first kappa shape index (κ1) is 14.9. The lowest BCUT2D eigenvalue weighted by molar-refractivity contribution is 0.0671. The van der Waals surface area contributed by atoms with Gasteiger partial charge in [-0.1, -0.05) is 13.8 Å². The van der Waals surface area contributed by atoms with Crippen LogP contribution < -0.4 is 5.32 Å². The molecule has 110 valence electrons. The van der Waals surface area contributed by atoms with E-state index in [4.69, 9.17) is 0 Å². The summed E-state index contributed by atoms with van der Waals surface area (Å²) in [5, 5.41) is 3.44. The fourth-order valence-electron chi connectivity index (χ4n) is 2.76. The summed E-state index contributed by atoms with van der Waals surface area (Å²) in [4.78, 5) is 23.3. The summed E-state index contributed by atoms with van der Waals surface area (Å²) in [6, 6.07) is 0.633. The molecular formula is C15H24N4O. The van der Waals surface area contributed by atoms with Crippen LogP contribution in [0.25, 0.3) is 0 Å². The minimum atomic E-state index is 0.0499. The molecule has 20 heavy (non-hydrogen) atoms. The van der Waals surface area contributed by atoms with Crippen molar-refractivity contribution in [2.75, 3.05) is 13.1 Å². The van der Waals surface area contributed by atoms with Gasteiger partial charge in [0.15, 0.2) is 0 Å². The molecule has 1 saturated heterocycles. The first-order valence-corrected chi connectivity index (χ1v) is 7.27. The van der Waals surface area contributed by atoms with E-state index in [2.05, 4.69) is 43.0 Å². The largest absolute Gasteiger partial charge is 0.335 e. The summed E-state index contributed by atoms with van der Waals surface area (Å²) in [6.45, 7) is 11.6. The molecule has 0 unspecified atom stereocenters. The van der Waals surface area contributed by atoms with Gasteiger partial charge in [0.2, 0.25) is 0 Å². The summed E-state index contributed by atoms with van der Waals surface area (Å²) >= 11 is 0. The van der Waals surface area contributed by atoms with Crippen LogP contribution in [-0.4, -0.2) is 45.9 Å². The van der Waals surface area contributed by atoms with Crippen LogP contribution in [-0.2, 0) is 0 Å². The highest BCUT2D eigenvalue weighted by atomic mass is 16.2. The Labute approximate surface area is 120 Å². The Bertz CT molecular complexity index is 491. The number of carbonyl (C=O) groups excluding carboxylic acids is 1. The average molecular weight is 276 g/mol. The molecule has 0 aromatic carbocycles. The number of amides is 1. The van der Waals surface area contributed by atoms with Gasteiger partial charge in [-0.2, -0.15) is 0 Å². The highest BCUT2D eigenvalue weighted by molar-refractivity contribution is 5.95. The molecule has 0 bridgehead atoms. The first-order valence-electron chi connectivity index (χ1n) is 7.27. The molecule has 0 saturated carbocycles. The Morgan fingerprint density at radius 1 is 1.35 bits per heavy atom. The van der Waals surface area contributed by atoms with Crippen molar-refractivity contribution < 1.29 is 4.79 Å². The van der Waals surface area contributed by atoms with Gasteiger partial charge >= 0.3 is 0 Å². The Hall–Kier alpha value is -1.49. The van der Waals surface area contributed by atoms with E-state index in [1.807, 2.05) is 11.8 Å². The molecule has 2 atom stereocenters. The molecule has 1 aliphatic rings. The second-order valence-corrected chi connectivity index (χ2v) is 6.05. The van der Waals surface area contributed by atoms with Gasteiger partial charge in [0.25, 0.3) is 5.91 Å². The van der Waals surface area contributed by atoms with Gasteiger partial charge < -0.3 is 10.2 Å². The molecule has 2 rings (SSSR count). The monoisotopic (exact) mass is 276 g/mol. The van der Waals surface area contributed by atoms with Crippen LogP contribution in [0.15, 0.2) is 6.20 Å². The maximum atomic E-state index is 12.7. The zero-order chi connectivity index (χ0) is 14.9. The van der Waals surface area contributed by atoms with E-state index in [-0.39, 0.29) is 11.8 Å². The lowest BCUT2D eigenvalue weighted by Gasteiger charge is -2.36. The molecule has 1 aromatic heterocycles. The van der Waals surface area contributed by atoms with Gasteiger partial charge in [-0.15, -0.1) is 0 Å². The summed E-state index contributed by atoms with van der Waals surface area (Å²) in [6.07, 6.45) is 1.68. The van der Waals surface area contributed by atoms with Crippen molar-refractivity contribution in [2.45, 2.75) is 52.6 Å². The fourth-order valence-corrected chi connectivity index (χ4v) is 2.76. The van der Waals surface area contributed by atoms with Crippen molar-refractivity contribution in [3.63, 3.8) is 0 Å². The molecule has 1 aliphatic heterocycles. The van der Waals surface area contributed by atoms with E-state index in [0.29, 0.717) is 23.5 Å². The second-order valence-electron chi connectivity index (χ2n) is 6.05. The Morgan fingerprint density at radius 2 is 1.95 bits per heavy atom. The van der Waals surface area contributed by atoms with Crippen LogP contribution in [0.3, 0.4) is 0 Å². The van der Waals surface area contributed by atoms with Gasteiger partial charge in [0.05, 0.1) is 11.3 Å². The third-order valence-corrected chi connectivity index (χ3v) is 3.56. The van der Waals surface area contributed by atoms with Crippen molar-refractivity contribution in [3.8, 4) is 0 Å². The van der Waals surface area contributed by atoms with Gasteiger partial charge in [0.1, 0.15) is 5.82 Å². The Balaban J connectivity index is 2.29. The van der Waals surface area contributed by atoms with Gasteiger partial charge in [-0.3, -0.25) is 4.79 Å². The minimum Gasteiger partial charge on any atom is -0.335 e. The SMILES string of the molecule is Cc1ncc(C(=O)N2C[C@H](C)N[C@@H](C)C2)c(C(C)C)n1. The molecule has 0 aliphatic carbocycles. The van der Waals surface area contributed by atoms with Crippen LogP contribution in [0, 0.1) is 6.92 Å². The van der Waals surface area contributed by atoms with E-state index < -0.39 is 0 Å². The maximum absolute atomic E-state index is 12.7. The third kappa shape index (κ3) is 3.15. The van der Waals surface area contributed by atoms with Crippen LogP contribution >= 0.6 is 0 Å². The quantitative estimate of drug-likeness (QED) is 0.893. The van der Waals surface area contributed by atoms with E-state index in [1.54, 1.807) is 6.20 Å². The standard InChI is InChI=1S/C15H24N4O/c1-9(2)14-13(6-16-12(5)18-14)15(20)19-7-10(3)17-11(4)8-19/h6,9-11,17H,7-8H2,1-5H3/t10-,11-/m0/s1. The number of rotatable bonds is 2. The molecule has 1 fully saturated rings. The summed E-state index contributed by atoms with van der Waals surface area (Å²) in [7, 11) is 0. The van der Waals surface area contributed by atoms with Gasteiger partial charge in [-0.25, -0.2) is 9.97 Å². The minimum absolute atomic E-state index is 0.0499. The number of aryl methyl sites for hydroxylation is 1. The smallest absolute Gasteiger partial charge is 0.257 e. The lowest BCUT2D eigenvalue weighted by Crippen LogP contribution is -2.56. The fraction of sp³-hybridized carbons (Fsp3) is 0.667. The average Bonchev–Trinajstić information content (AvgIpc) is 2.36. The van der Waals surface area contributed by atoms with Gasteiger partial charge in [-0.05, 0) is 26.7 Å². The van der Waals surface area contributed by atoms with E-state index in [0.717, 1.165) is 18.8 Å². The Morgan fingerprint density at radius 3 is 2.50 bits per heavy atom. The Kier molecular flexibility index (Phi) is 4.38. The van der Waals surface area contributed by atoms with Gasteiger partial charge in [0, 0.05) is 31.4 Å². The number of hydrogen-bond acceptors (Lipinski definition) is 4. The number of nitrogens with zero attached hydrogens (tertiary/aromatic N) is 3. The van der Waals surface area contributed by atoms with E-state index >= 15 is 0 Å². The molecule has 0 spiro atoms. The molecule has 5 nitrogen and oxygen atoms in total. The van der Waals surface area contributed by atoms with Crippen LogP contribution in [0.4, 0.5) is 0 Å². The predicted octanol–water partition coefficient (Wildman–Crippen LogP) is 1.73. The normalized spacial score (nSPS) is 23.2. The lowest BCUT2D eigenvalue weighted by atomic mass is 10.0. The number of hydrogen-bond donors (Lipinski definition) is 1. The number of carbonyl (C=O) groups is 1. The molecule has 5 heteroatoms. The molecule has 0 radical (unpaired) electrons. The molecular weight excluding hydrogens is 252 g/mol. The highest BCUT2D eigenvalue weighted by Gasteiger charge is 2.28. The van der Waals surface area contributed by atoms with Crippen molar-refractivity contribution >= 4 is 5.91 Å². The first-order chi connectivity index (χ1) is 9.38. The number of nitrogens with one attached hydrogen (secondary N) is 1. The maximum Gasteiger partial charge on any atom is 0.257 e. The number of piperazine rings is 1. The predicted molar refractivity (Wildman–Crippen MR) is 78.8 cm³/mol. The van der Waals surface area contributed by atoms with Crippen molar-refractivity contribution in [1.29, 1.82) is 0 Å². The van der Waals surface area contributed by atoms with Crippen molar-refractivity contribution in [1.82, 2.24) is 20.2 Å². The van der Waals surface area contributed by atoms with Crippen LogP contribution in [0.2, 0.25) is 0 Å². The number of aromatic nitrogens is 2. The molecule has 1 aromatic rings. The van der Waals surface area contributed by atoms with E-state index in [9.17, 15) is 4.79 Å². The summed E-state index contributed by atoms with van der Waals surface area (Å²) in [5.41, 5.74) is 1.49. The van der Waals surface area contributed by atoms with Crippen LogP contribution in [0.5, 0.6) is 0 Å². The third-order valence-electron chi connectivity index (χ3n) is 3.56. The van der Waals surface area contributed by atoms with Crippen molar-refractivity contribution in [2.24, 2.45) is 0 Å². The van der Waals surface area contributed by atoms with Crippen LogP contribution in [0.1, 0.15) is 55.5 Å². The molecule has 2 heterocycles. The van der Waals surface area contributed by atoms with Crippen molar-refractivity contribution in [3.05, 3.63) is 23.3 Å². The topological polar surface area (TPSA) is 58.1 Å². The second kappa shape index (κ2) is 5.87. The molecule has 1 amide bonds. The summed E-state index contributed by atoms with van der Waals surface area (Å²) in [5.74, 6) is 0.981. The molecule has 1 N–H and O–H groups in total. The highest BCUT2D eigenvalue weighted by Crippen LogP contribution is 2.19. The summed E-state index contributed by atoms with van der Waals surface area (Å²) < 4.78 is 0. The van der Waals surface area contributed by atoms with E-state index in [1.165, 1.54) is 0 Å².